The molecule has 0 aromatic heterocycles. The number of nitrogens with one attached hydrogen (secondary N) is 1. The number of carboxylic acid groups (broad SMARTS) is 1. The average molecular weight is 265 g/mol. The maximum atomic E-state index is 10.5. The van der Waals surface area contributed by atoms with Gasteiger partial charge in [-0.3, -0.25) is 4.79 Å². The van der Waals surface area contributed by atoms with Crippen molar-refractivity contribution in [2.75, 3.05) is 6.61 Å². The van der Waals surface area contributed by atoms with Crippen molar-refractivity contribution >= 4 is 5.97 Å². The minimum Gasteiger partial charge on any atom is -0.492 e. The molecule has 0 aliphatic heterocycles. The molecule has 1 aromatic rings. The lowest BCUT2D eigenvalue weighted by Gasteiger charge is -2.20. The quantitative estimate of drug-likeness (QED) is 0.758. The summed E-state index contributed by atoms with van der Waals surface area (Å²) in [7, 11) is 0. The minimum atomic E-state index is -0.753. The molecule has 0 saturated carbocycles. The van der Waals surface area contributed by atoms with Crippen LogP contribution in [-0.4, -0.2) is 29.8 Å². The number of rotatable bonds is 8. The van der Waals surface area contributed by atoms with Crippen LogP contribution in [0.2, 0.25) is 0 Å². The summed E-state index contributed by atoms with van der Waals surface area (Å²) in [5, 5.41) is 11.9. The highest BCUT2D eigenvalue weighted by Gasteiger charge is 2.09. The monoisotopic (exact) mass is 265 g/mol. The highest BCUT2D eigenvalue weighted by Crippen LogP contribution is 2.11. The number of ether oxygens (including phenoxy) is 1. The number of aliphatic carboxylic acids is 1. The van der Waals surface area contributed by atoms with Crippen LogP contribution in [0.4, 0.5) is 0 Å². The fourth-order valence-corrected chi connectivity index (χ4v) is 1.81. The van der Waals surface area contributed by atoms with Gasteiger partial charge in [-0.2, -0.15) is 0 Å². The molecule has 0 fully saturated rings. The van der Waals surface area contributed by atoms with Gasteiger partial charge in [0.05, 0.1) is 0 Å². The number of hydrogen-bond donors (Lipinski definition) is 2. The summed E-state index contributed by atoms with van der Waals surface area (Å²) in [6, 6.07) is 8.30. The molecule has 1 aromatic carbocycles. The zero-order chi connectivity index (χ0) is 14.3. The zero-order valence-electron chi connectivity index (χ0n) is 11.8. The second kappa shape index (κ2) is 7.79. The van der Waals surface area contributed by atoms with Gasteiger partial charge in [-0.05, 0) is 39.3 Å². The molecule has 2 atom stereocenters. The topological polar surface area (TPSA) is 58.6 Å². The summed E-state index contributed by atoms with van der Waals surface area (Å²) in [6.45, 7) is 6.63. The fraction of sp³-hybridized carbons (Fsp3) is 0.533. The molecule has 0 spiro atoms. The smallest absolute Gasteiger partial charge is 0.303 e. The molecular weight excluding hydrogens is 242 g/mol. The van der Waals surface area contributed by atoms with E-state index in [9.17, 15) is 4.79 Å². The predicted molar refractivity (Wildman–Crippen MR) is 75.6 cm³/mol. The Labute approximate surface area is 114 Å². The van der Waals surface area contributed by atoms with Crippen molar-refractivity contribution in [3.8, 4) is 5.75 Å². The third kappa shape index (κ3) is 6.82. The van der Waals surface area contributed by atoms with Crippen LogP contribution in [-0.2, 0) is 4.79 Å². The molecule has 4 nitrogen and oxygen atoms in total. The Morgan fingerprint density at radius 3 is 2.47 bits per heavy atom. The predicted octanol–water partition coefficient (Wildman–Crippen LogP) is 2.61. The van der Waals surface area contributed by atoms with Crippen molar-refractivity contribution < 1.29 is 14.6 Å². The van der Waals surface area contributed by atoms with Crippen molar-refractivity contribution in [2.24, 2.45) is 0 Å². The highest BCUT2D eigenvalue weighted by atomic mass is 16.5. The van der Waals surface area contributed by atoms with Crippen LogP contribution in [0, 0.1) is 6.92 Å². The molecule has 19 heavy (non-hydrogen) atoms. The summed E-state index contributed by atoms with van der Waals surface area (Å²) in [4.78, 5) is 10.5. The van der Waals surface area contributed by atoms with Gasteiger partial charge in [0.25, 0.3) is 0 Å². The lowest BCUT2D eigenvalue weighted by Crippen LogP contribution is -2.38. The van der Waals surface area contributed by atoms with Crippen molar-refractivity contribution in [2.45, 2.75) is 45.7 Å². The molecule has 0 aliphatic carbocycles. The Morgan fingerprint density at radius 2 is 1.89 bits per heavy atom. The lowest BCUT2D eigenvalue weighted by atomic mass is 10.1. The molecule has 0 amide bonds. The Hall–Kier alpha value is -1.55. The molecule has 106 valence electrons. The molecular formula is C15H23NO3. The summed E-state index contributed by atoms with van der Waals surface area (Å²) < 4.78 is 5.67. The molecule has 0 saturated heterocycles. The molecule has 0 heterocycles. The molecule has 0 radical (unpaired) electrons. The van der Waals surface area contributed by atoms with Gasteiger partial charge in [0.15, 0.2) is 0 Å². The van der Waals surface area contributed by atoms with Crippen molar-refractivity contribution in [3.63, 3.8) is 0 Å². The van der Waals surface area contributed by atoms with Gasteiger partial charge in [-0.1, -0.05) is 17.7 Å². The zero-order valence-corrected chi connectivity index (χ0v) is 11.8. The van der Waals surface area contributed by atoms with E-state index < -0.39 is 5.97 Å². The lowest BCUT2D eigenvalue weighted by molar-refractivity contribution is -0.137. The van der Waals surface area contributed by atoms with Crippen molar-refractivity contribution in [3.05, 3.63) is 29.8 Å². The van der Waals surface area contributed by atoms with Crippen LogP contribution in [0.15, 0.2) is 24.3 Å². The third-order valence-electron chi connectivity index (χ3n) is 2.88. The van der Waals surface area contributed by atoms with Gasteiger partial charge in [0.2, 0.25) is 0 Å². The number of hydrogen-bond acceptors (Lipinski definition) is 3. The molecule has 2 unspecified atom stereocenters. The normalized spacial score (nSPS) is 13.8. The van der Waals surface area contributed by atoms with E-state index in [2.05, 4.69) is 5.32 Å². The van der Waals surface area contributed by atoms with E-state index in [-0.39, 0.29) is 18.5 Å². The van der Waals surface area contributed by atoms with Gasteiger partial charge in [0.1, 0.15) is 12.4 Å². The summed E-state index contributed by atoms with van der Waals surface area (Å²) in [5.41, 5.74) is 1.21. The molecule has 1 rings (SSSR count). The summed E-state index contributed by atoms with van der Waals surface area (Å²) in [6.07, 6.45) is 0.823. The van der Waals surface area contributed by atoms with Crippen molar-refractivity contribution in [1.82, 2.24) is 5.32 Å². The van der Waals surface area contributed by atoms with E-state index in [1.165, 1.54) is 5.56 Å². The largest absolute Gasteiger partial charge is 0.492 e. The molecule has 4 heteroatoms. The van der Waals surface area contributed by atoms with Gasteiger partial charge in [-0.25, -0.2) is 0 Å². The van der Waals surface area contributed by atoms with E-state index >= 15 is 0 Å². The van der Waals surface area contributed by atoms with Gasteiger partial charge < -0.3 is 15.2 Å². The van der Waals surface area contributed by atoms with E-state index in [4.69, 9.17) is 9.84 Å². The first kappa shape index (κ1) is 15.5. The van der Waals surface area contributed by atoms with E-state index in [1.807, 2.05) is 45.0 Å². The Balaban J connectivity index is 2.25. The molecule has 2 N–H and O–H groups in total. The maximum Gasteiger partial charge on any atom is 0.303 e. The number of carbonyl (C=O) groups is 1. The van der Waals surface area contributed by atoms with E-state index in [1.54, 1.807) is 0 Å². The van der Waals surface area contributed by atoms with Gasteiger partial charge >= 0.3 is 5.97 Å². The van der Waals surface area contributed by atoms with Crippen LogP contribution in [0.1, 0.15) is 32.3 Å². The Kier molecular flexibility index (Phi) is 6.36. The number of benzene rings is 1. The first-order chi connectivity index (χ1) is 8.97. The second-order valence-corrected chi connectivity index (χ2v) is 5.03. The summed E-state index contributed by atoms with van der Waals surface area (Å²) in [5.74, 6) is 0.106. The highest BCUT2D eigenvalue weighted by molar-refractivity contribution is 5.66. The van der Waals surface area contributed by atoms with Crippen LogP contribution < -0.4 is 10.1 Å². The van der Waals surface area contributed by atoms with Crippen molar-refractivity contribution in [1.29, 1.82) is 0 Å². The third-order valence-corrected chi connectivity index (χ3v) is 2.88. The van der Waals surface area contributed by atoms with E-state index in [0.29, 0.717) is 13.0 Å². The molecule has 0 bridgehead atoms. The first-order valence-electron chi connectivity index (χ1n) is 6.64. The SMILES string of the molecule is Cc1ccc(OCC(C)NC(C)CCC(=O)O)cc1. The molecule has 0 aliphatic rings. The first-order valence-corrected chi connectivity index (χ1v) is 6.64. The Bertz CT molecular complexity index is 389. The minimum absolute atomic E-state index is 0.174. The van der Waals surface area contributed by atoms with Crippen LogP contribution >= 0.6 is 0 Å². The average Bonchev–Trinajstić information content (AvgIpc) is 2.36. The maximum absolute atomic E-state index is 10.5. The van der Waals surface area contributed by atoms with E-state index in [0.717, 1.165) is 5.75 Å². The second-order valence-electron chi connectivity index (χ2n) is 5.03. The summed E-state index contributed by atoms with van der Waals surface area (Å²) >= 11 is 0. The van der Waals surface area contributed by atoms with Crippen LogP contribution in [0.25, 0.3) is 0 Å². The number of aryl methyl sites for hydroxylation is 1. The van der Waals surface area contributed by atoms with Crippen LogP contribution in [0.5, 0.6) is 5.75 Å². The van der Waals surface area contributed by atoms with Gasteiger partial charge in [0, 0.05) is 18.5 Å². The Morgan fingerprint density at radius 1 is 1.26 bits per heavy atom. The standard InChI is InChI=1S/C15H23NO3/c1-11-4-7-14(8-5-11)19-10-13(3)16-12(2)6-9-15(17)18/h4-5,7-8,12-13,16H,6,9-10H2,1-3H3,(H,17,18). The van der Waals surface area contributed by atoms with Crippen LogP contribution in [0.3, 0.4) is 0 Å². The number of carboxylic acids is 1. The van der Waals surface area contributed by atoms with Gasteiger partial charge in [-0.15, -0.1) is 0 Å². The fourth-order valence-electron chi connectivity index (χ4n) is 1.81.